The number of amides is 1. The second kappa shape index (κ2) is 7.28. The van der Waals surface area contributed by atoms with Crippen LogP contribution in [0.15, 0.2) is 18.2 Å². The molecular formula is C15H24N2O4. The van der Waals surface area contributed by atoms with Crippen LogP contribution in [0.3, 0.4) is 0 Å². The number of hydrogen-bond donors (Lipinski definition) is 2. The quantitative estimate of drug-likeness (QED) is 0.777. The van der Waals surface area contributed by atoms with Crippen LogP contribution >= 0.6 is 0 Å². The van der Waals surface area contributed by atoms with Gasteiger partial charge in [-0.2, -0.15) is 0 Å². The van der Waals surface area contributed by atoms with E-state index in [1.807, 2.05) is 19.0 Å². The lowest BCUT2D eigenvalue weighted by molar-refractivity contribution is 0.0325. The van der Waals surface area contributed by atoms with E-state index in [0.717, 1.165) is 0 Å². The molecular weight excluding hydrogens is 272 g/mol. The Morgan fingerprint density at radius 3 is 2.24 bits per heavy atom. The summed E-state index contributed by atoms with van der Waals surface area (Å²) in [5.41, 5.74) is -0.697. The lowest BCUT2D eigenvalue weighted by Crippen LogP contribution is -2.47. The molecule has 1 rings (SSSR count). The SMILES string of the molecule is COc1cccc(OC)c1C(=O)NCC(C)(O)CN(C)C. The topological polar surface area (TPSA) is 71.0 Å². The minimum absolute atomic E-state index is 0.130. The lowest BCUT2D eigenvalue weighted by atomic mass is 10.1. The average molecular weight is 296 g/mol. The molecule has 0 aliphatic carbocycles. The van der Waals surface area contributed by atoms with Crippen molar-refractivity contribution in [2.24, 2.45) is 0 Å². The number of likely N-dealkylation sites (N-methyl/N-ethyl adjacent to an activating group) is 1. The number of methoxy groups -OCH3 is 2. The molecule has 0 heterocycles. The van der Waals surface area contributed by atoms with Crippen molar-refractivity contribution in [2.75, 3.05) is 41.4 Å². The summed E-state index contributed by atoms with van der Waals surface area (Å²) in [6.07, 6.45) is 0. The van der Waals surface area contributed by atoms with E-state index >= 15 is 0 Å². The van der Waals surface area contributed by atoms with Gasteiger partial charge >= 0.3 is 0 Å². The van der Waals surface area contributed by atoms with Gasteiger partial charge in [-0.1, -0.05) is 6.07 Å². The van der Waals surface area contributed by atoms with Crippen LogP contribution in [0.5, 0.6) is 11.5 Å². The van der Waals surface area contributed by atoms with Gasteiger partial charge in [0.2, 0.25) is 0 Å². The smallest absolute Gasteiger partial charge is 0.258 e. The molecule has 118 valence electrons. The summed E-state index contributed by atoms with van der Waals surface area (Å²) in [4.78, 5) is 14.2. The van der Waals surface area contributed by atoms with Gasteiger partial charge in [0.1, 0.15) is 17.1 Å². The van der Waals surface area contributed by atoms with Gasteiger partial charge < -0.3 is 24.8 Å². The van der Waals surface area contributed by atoms with Crippen LogP contribution in [0.4, 0.5) is 0 Å². The molecule has 1 atom stereocenters. The van der Waals surface area contributed by atoms with Crippen LogP contribution in [0.25, 0.3) is 0 Å². The zero-order valence-electron chi connectivity index (χ0n) is 13.3. The Kier molecular flexibility index (Phi) is 5.99. The number of benzene rings is 1. The Morgan fingerprint density at radius 2 is 1.81 bits per heavy atom. The molecule has 6 heteroatoms. The molecule has 0 spiro atoms. The first-order chi connectivity index (χ1) is 9.80. The van der Waals surface area contributed by atoms with Crippen LogP contribution in [-0.4, -0.2) is 62.9 Å². The standard InChI is InChI=1S/C15H24N2O4/c1-15(19,10-17(2)3)9-16-14(18)13-11(20-4)7-6-8-12(13)21-5/h6-8,19H,9-10H2,1-5H3,(H,16,18). The van der Waals surface area contributed by atoms with Gasteiger partial charge in [-0.05, 0) is 33.2 Å². The van der Waals surface area contributed by atoms with Crippen LogP contribution < -0.4 is 14.8 Å². The Balaban J connectivity index is 2.85. The normalized spacial score (nSPS) is 13.7. The van der Waals surface area contributed by atoms with E-state index in [-0.39, 0.29) is 12.5 Å². The molecule has 1 amide bonds. The Hall–Kier alpha value is -1.79. The van der Waals surface area contributed by atoms with E-state index in [9.17, 15) is 9.90 Å². The molecule has 0 aromatic heterocycles. The first-order valence-electron chi connectivity index (χ1n) is 6.67. The highest BCUT2D eigenvalue weighted by atomic mass is 16.5. The van der Waals surface area contributed by atoms with Gasteiger partial charge in [0.15, 0.2) is 0 Å². The van der Waals surface area contributed by atoms with Crippen molar-refractivity contribution < 1.29 is 19.4 Å². The van der Waals surface area contributed by atoms with Crippen molar-refractivity contribution in [1.29, 1.82) is 0 Å². The van der Waals surface area contributed by atoms with Gasteiger partial charge in [-0.3, -0.25) is 4.79 Å². The Labute approximate surface area is 125 Å². The van der Waals surface area contributed by atoms with E-state index in [0.29, 0.717) is 23.6 Å². The molecule has 21 heavy (non-hydrogen) atoms. The van der Waals surface area contributed by atoms with Gasteiger partial charge in [0.25, 0.3) is 5.91 Å². The third-order valence-corrected chi connectivity index (χ3v) is 2.94. The lowest BCUT2D eigenvalue weighted by Gasteiger charge is -2.27. The number of hydrogen-bond acceptors (Lipinski definition) is 5. The molecule has 0 saturated heterocycles. The number of carbonyl (C=O) groups is 1. The van der Waals surface area contributed by atoms with Crippen molar-refractivity contribution in [1.82, 2.24) is 10.2 Å². The van der Waals surface area contributed by atoms with Crippen LogP contribution in [0.1, 0.15) is 17.3 Å². The van der Waals surface area contributed by atoms with E-state index in [4.69, 9.17) is 9.47 Å². The van der Waals surface area contributed by atoms with E-state index < -0.39 is 5.60 Å². The summed E-state index contributed by atoms with van der Waals surface area (Å²) < 4.78 is 10.4. The molecule has 0 fully saturated rings. The first-order valence-corrected chi connectivity index (χ1v) is 6.67. The highest BCUT2D eigenvalue weighted by Gasteiger charge is 2.24. The second-order valence-corrected chi connectivity index (χ2v) is 5.45. The van der Waals surface area contributed by atoms with Crippen molar-refractivity contribution in [3.8, 4) is 11.5 Å². The van der Waals surface area contributed by atoms with E-state index in [2.05, 4.69) is 5.32 Å². The molecule has 0 bridgehead atoms. The zero-order chi connectivity index (χ0) is 16.0. The number of carbonyl (C=O) groups excluding carboxylic acids is 1. The third-order valence-electron chi connectivity index (χ3n) is 2.94. The number of rotatable bonds is 7. The molecule has 0 saturated carbocycles. The van der Waals surface area contributed by atoms with Gasteiger partial charge in [0.05, 0.1) is 19.8 Å². The first kappa shape index (κ1) is 17.3. The monoisotopic (exact) mass is 296 g/mol. The summed E-state index contributed by atoms with van der Waals surface area (Å²) in [6, 6.07) is 5.13. The predicted octanol–water partition coefficient (Wildman–Crippen LogP) is 0.746. The number of nitrogens with one attached hydrogen (secondary N) is 1. The van der Waals surface area contributed by atoms with Crippen molar-refractivity contribution in [3.63, 3.8) is 0 Å². The molecule has 1 aromatic rings. The molecule has 2 N–H and O–H groups in total. The molecule has 0 aliphatic heterocycles. The maximum absolute atomic E-state index is 12.3. The molecule has 0 radical (unpaired) electrons. The maximum Gasteiger partial charge on any atom is 0.258 e. The van der Waals surface area contributed by atoms with Crippen LogP contribution in [0.2, 0.25) is 0 Å². The highest BCUT2D eigenvalue weighted by molar-refractivity contribution is 5.99. The summed E-state index contributed by atoms with van der Waals surface area (Å²) in [5.74, 6) is 0.515. The fourth-order valence-electron chi connectivity index (χ4n) is 2.17. The number of nitrogens with zero attached hydrogens (tertiary/aromatic N) is 1. The van der Waals surface area contributed by atoms with Gasteiger partial charge in [0, 0.05) is 13.1 Å². The average Bonchev–Trinajstić information content (AvgIpc) is 2.42. The second-order valence-electron chi connectivity index (χ2n) is 5.45. The van der Waals surface area contributed by atoms with E-state index in [1.165, 1.54) is 14.2 Å². The van der Waals surface area contributed by atoms with Gasteiger partial charge in [-0.15, -0.1) is 0 Å². The minimum Gasteiger partial charge on any atom is -0.496 e. The van der Waals surface area contributed by atoms with Gasteiger partial charge in [-0.25, -0.2) is 0 Å². The Morgan fingerprint density at radius 1 is 1.29 bits per heavy atom. The van der Waals surface area contributed by atoms with Crippen molar-refractivity contribution >= 4 is 5.91 Å². The maximum atomic E-state index is 12.3. The minimum atomic E-state index is -1.02. The van der Waals surface area contributed by atoms with Crippen LogP contribution in [0, 0.1) is 0 Å². The van der Waals surface area contributed by atoms with E-state index in [1.54, 1.807) is 25.1 Å². The summed E-state index contributed by atoms with van der Waals surface area (Å²) in [7, 11) is 6.71. The molecule has 1 unspecified atom stereocenters. The predicted molar refractivity (Wildman–Crippen MR) is 81.1 cm³/mol. The highest BCUT2D eigenvalue weighted by Crippen LogP contribution is 2.28. The summed E-state index contributed by atoms with van der Waals surface area (Å²) >= 11 is 0. The molecule has 1 aromatic carbocycles. The largest absolute Gasteiger partial charge is 0.496 e. The fraction of sp³-hybridized carbons (Fsp3) is 0.533. The van der Waals surface area contributed by atoms with Crippen molar-refractivity contribution in [2.45, 2.75) is 12.5 Å². The molecule has 0 aliphatic rings. The summed E-state index contributed by atoms with van der Waals surface area (Å²) in [5, 5.41) is 12.9. The summed E-state index contributed by atoms with van der Waals surface area (Å²) in [6.45, 7) is 2.24. The molecule has 6 nitrogen and oxygen atoms in total. The Bertz CT molecular complexity index is 464. The number of ether oxygens (including phenoxy) is 2. The number of aliphatic hydroxyl groups is 1. The van der Waals surface area contributed by atoms with Crippen molar-refractivity contribution in [3.05, 3.63) is 23.8 Å². The zero-order valence-corrected chi connectivity index (χ0v) is 13.3. The third kappa shape index (κ3) is 4.91. The van der Waals surface area contributed by atoms with Crippen LogP contribution in [-0.2, 0) is 0 Å². The fourth-order valence-corrected chi connectivity index (χ4v) is 2.17.